The Morgan fingerprint density at radius 3 is 3.33 bits per heavy atom. The summed E-state index contributed by atoms with van der Waals surface area (Å²) in [4.78, 5) is 19.2. The zero-order valence-electron chi connectivity index (χ0n) is 10.6. The molecule has 2 heterocycles. The number of carbonyl (C=O) groups excluding carboxylic acids is 1. The van der Waals surface area contributed by atoms with Gasteiger partial charge in [-0.2, -0.15) is 0 Å². The molecule has 1 aromatic heterocycles. The predicted octanol–water partition coefficient (Wildman–Crippen LogP) is -0.441. The van der Waals surface area contributed by atoms with Crippen LogP contribution in [0.15, 0.2) is 6.33 Å². The molecule has 0 bridgehead atoms. The van der Waals surface area contributed by atoms with Crippen molar-refractivity contribution in [1.29, 1.82) is 0 Å². The molecule has 100 valence electrons. The predicted molar refractivity (Wildman–Crippen MR) is 66.8 cm³/mol. The number of amides is 1. The van der Waals surface area contributed by atoms with E-state index in [9.17, 15) is 4.79 Å². The summed E-state index contributed by atoms with van der Waals surface area (Å²) >= 11 is 0. The molecule has 0 radical (unpaired) electrons. The van der Waals surface area contributed by atoms with Crippen LogP contribution in [0, 0.1) is 5.92 Å². The SMILES string of the molecule is CC(CCO)CNC(=O)C1Cc2nc[nH]c2CN1. The maximum absolute atomic E-state index is 12.0. The number of fused-ring (bicyclic) bond motifs is 1. The van der Waals surface area contributed by atoms with E-state index in [4.69, 9.17) is 5.11 Å². The van der Waals surface area contributed by atoms with E-state index in [0.717, 1.165) is 11.4 Å². The van der Waals surface area contributed by atoms with Crippen LogP contribution in [0.3, 0.4) is 0 Å². The number of nitrogens with one attached hydrogen (secondary N) is 3. The maximum atomic E-state index is 12.0. The number of hydrogen-bond acceptors (Lipinski definition) is 4. The van der Waals surface area contributed by atoms with E-state index in [-0.39, 0.29) is 18.6 Å². The fourth-order valence-corrected chi connectivity index (χ4v) is 2.07. The summed E-state index contributed by atoms with van der Waals surface area (Å²) in [5.74, 6) is 0.303. The lowest BCUT2D eigenvalue weighted by molar-refractivity contribution is -0.123. The van der Waals surface area contributed by atoms with Gasteiger partial charge in [0, 0.05) is 26.1 Å². The number of aromatic amines is 1. The van der Waals surface area contributed by atoms with Crippen LogP contribution < -0.4 is 10.6 Å². The number of aliphatic hydroxyl groups is 1. The number of aliphatic hydroxyl groups excluding tert-OH is 1. The van der Waals surface area contributed by atoms with Crippen LogP contribution in [-0.4, -0.2) is 40.2 Å². The van der Waals surface area contributed by atoms with Gasteiger partial charge in [-0.25, -0.2) is 4.98 Å². The number of H-pyrrole nitrogens is 1. The molecule has 1 aliphatic rings. The second-order valence-corrected chi connectivity index (χ2v) is 4.83. The average molecular weight is 252 g/mol. The van der Waals surface area contributed by atoms with Gasteiger partial charge in [0.05, 0.1) is 23.8 Å². The lowest BCUT2D eigenvalue weighted by atomic mass is 10.0. The van der Waals surface area contributed by atoms with Gasteiger partial charge in [-0.15, -0.1) is 0 Å². The smallest absolute Gasteiger partial charge is 0.237 e. The van der Waals surface area contributed by atoms with E-state index in [2.05, 4.69) is 20.6 Å². The summed E-state index contributed by atoms with van der Waals surface area (Å²) in [5.41, 5.74) is 2.03. The van der Waals surface area contributed by atoms with Crippen LogP contribution in [0.25, 0.3) is 0 Å². The molecule has 18 heavy (non-hydrogen) atoms. The summed E-state index contributed by atoms with van der Waals surface area (Å²) in [7, 11) is 0. The number of imidazole rings is 1. The number of hydrogen-bond donors (Lipinski definition) is 4. The van der Waals surface area contributed by atoms with Crippen LogP contribution >= 0.6 is 0 Å². The molecule has 2 atom stereocenters. The van der Waals surface area contributed by atoms with Crippen LogP contribution in [-0.2, 0) is 17.8 Å². The van der Waals surface area contributed by atoms with E-state index in [1.54, 1.807) is 6.33 Å². The lowest BCUT2D eigenvalue weighted by Gasteiger charge is -2.23. The first-order valence-corrected chi connectivity index (χ1v) is 6.33. The third kappa shape index (κ3) is 3.08. The van der Waals surface area contributed by atoms with Gasteiger partial charge in [-0.3, -0.25) is 10.1 Å². The highest BCUT2D eigenvalue weighted by Gasteiger charge is 2.25. The molecule has 2 rings (SSSR count). The Balaban J connectivity index is 1.80. The number of aromatic nitrogens is 2. The Morgan fingerprint density at radius 1 is 1.72 bits per heavy atom. The second-order valence-electron chi connectivity index (χ2n) is 4.83. The molecular weight excluding hydrogens is 232 g/mol. The molecule has 0 aliphatic carbocycles. The fraction of sp³-hybridized carbons (Fsp3) is 0.667. The van der Waals surface area contributed by atoms with Crippen molar-refractivity contribution in [3.05, 3.63) is 17.7 Å². The maximum Gasteiger partial charge on any atom is 0.237 e. The topological polar surface area (TPSA) is 90.0 Å². The van der Waals surface area contributed by atoms with Crippen LogP contribution in [0.1, 0.15) is 24.7 Å². The highest BCUT2D eigenvalue weighted by molar-refractivity contribution is 5.82. The van der Waals surface area contributed by atoms with E-state index >= 15 is 0 Å². The van der Waals surface area contributed by atoms with Gasteiger partial charge in [0.25, 0.3) is 0 Å². The van der Waals surface area contributed by atoms with E-state index in [1.165, 1.54) is 0 Å². The summed E-state index contributed by atoms with van der Waals surface area (Å²) in [6.07, 6.45) is 3.00. The van der Waals surface area contributed by atoms with Crippen molar-refractivity contribution in [3.63, 3.8) is 0 Å². The van der Waals surface area contributed by atoms with Gasteiger partial charge < -0.3 is 15.4 Å². The Kier molecular flexibility index (Phi) is 4.33. The first kappa shape index (κ1) is 13.0. The van der Waals surface area contributed by atoms with Crippen molar-refractivity contribution < 1.29 is 9.90 Å². The zero-order chi connectivity index (χ0) is 13.0. The molecule has 4 N–H and O–H groups in total. The molecule has 6 heteroatoms. The van der Waals surface area contributed by atoms with Crippen molar-refractivity contribution >= 4 is 5.91 Å². The summed E-state index contributed by atoms with van der Waals surface area (Å²) in [6, 6.07) is -0.206. The van der Waals surface area contributed by atoms with Gasteiger partial charge in [0.2, 0.25) is 5.91 Å². The minimum atomic E-state index is -0.206. The van der Waals surface area contributed by atoms with Gasteiger partial charge in [0.1, 0.15) is 0 Å². The molecule has 2 unspecified atom stereocenters. The van der Waals surface area contributed by atoms with Gasteiger partial charge in [-0.1, -0.05) is 6.92 Å². The largest absolute Gasteiger partial charge is 0.396 e. The Bertz CT molecular complexity index is 405. The van der Waals surface area contributed by atoms with Crippen molar-refractivity contribution in [1.82, 2.24) is 20.6 Å². The fourth-order valence-electron chi connectivity index (χ4n) is 2.07. The summed E-state index contributed by atoms with van der Waals surface area (Å²) in [6.45, 7) is 3.43. The van der Waals surface area contributed by atoms with E-state index in [1.807, 2.05) is 6.92 Å². The Morgan fingerprint density at radius 2 is 2.56 bits per heavy atom. The van der Waals surface area contributed by atoms with Crippen LogP contribution in [0.4, 0.5) is 0 Å². The van der Waals surface area contributed by atoms with E-state index < -0.39 is 0 Å². The summed E-state index contributed by atoms with van der Waals surface area (Å²) < 4.78 is 0. The Labute approximate surface area is 106 Å². The third-order valence-electron chi connectivity index (χ3n) is 3.29. The molecule has 1 aromatic rings. The molecule has 0 spiro atoms. The first-order valence-electron chi connectivity index (χ1n) is 6.33. The molecule has 6 nitrogen and oxygen atoms in total. The lowest BCUT2D eigenvalue weighted by Crippen LogP contribution is -2.48. The molecule has 0 aromatic carbocycles. The highest BCUT2D eigenvalue weighted by Crippen LogP contribution is 2.12. The quantitative estimate of drug-likeness (QED) is 0.572. The molecule has 1 aliphatic heterocycles. The minimum Gasteiger partial charge on any atom is -0.396 e. The summed E-state index contributed by atoms with van der Waals surface area (Å²) in [5, 5.41) is 14.9. The molecular formula is C12H20N4O2. The molecule has 0 fully saturated rings. The van der Waals surface area contributed by atoms with Crippen molar-refractivity contribution in [2.24, 2.45) is 5.92 Å². The van der Waals surface area contributed by atoms with Gasteiger partial charge in [-0.05, 0) is 12.3 Å². The van der Waals surface area contributed by atoms with Gasteiger partial charge >= 0.3 is 0 Å². The van der Waals surface area contributed by atoms with Crippen LogP contribution in [0.5, 0.6) is 0 Å². The molecule has 0 saturated heterocycles. The number of carbonyl (C=O) groups is 1. The van der Waals surface area contributed by atoms with Crippen molar-refractivity contribution in [3.8, 4) is 0 Å². The third-order valence-corrected chi connectivity index (χ3v) is 3.29. The normalized spacial score (nSPS) is 20.2. The number of rotatable bonds is 5. The number of nitrogens with zero attached hydrogens (tertiary/aromatic N) is 1. The molecule has 0 saturated carbocycles. The standard InChI is InChI=1S/C12H20N4O2/c1-8(2-3-17)5-14-12(18)10-4-9-11(6-13-10)16-7-15-9/h7-8,10,13,17H,2-6H2,1H3,(H,14,18)(H,15,16). The first-order chi connectivity index (χ1) is 8.70. The molecule has 1 amide bonds. The van der Waals surface area contributed by atoms with Gasteiger partial charge in [0.15, 0.2) is 0 Å². The minimum absolute atomic E-state index is 0.00781. The second kappa shape index (κ2) is 5.97. The monoisotopic (exact) mass is 252 g/mol. The Hall–Kier alpha value is -1.40. The van der Waals surface area contributed by atoms with Crippen LogP contribution in [0.2, 0.25) is 0 Å². The van der Waals surface area contributed by atoms with Crippen molar-refractivity contribution in [2.45, 2.75) is 32.4 Å². The average Bonchev–Trinajstić information content (AvgIpc) is 2.83. The highest BCUT2D eigenvalue weighted by atomic mass is 16.3. The zero-order valence-corrected chi connectivity index (χ0v) is 10.6. The van der Waals surface area contributed by atoms with Crippen molar-refractivity contribution in [2.75, 3.05) is 13.2 Å². The van der Waals surface area contributed by atoms with E-state index in [0.29, 0.717) is 31.8 Å².